The van der Waals surface area contributed by atoms with Crippen LogP contribution in [0, 0.1) is 0 Å². The van der Waals surface area contributed by atoms with Gasteiger partial charge in [0.2, 0.25) is 0 Å². The lowest BCUT2D eigenvalue weighted by molar-refractivity contribution is -0.307. The first-order valence-corrected chi connectivity index (χ1v) is 8.46. The Morgan fingerprint density at radius 1 is 1.36 bits per heavy atom. The van der Waals surface area contributed by atoms with Gasteiger partial charge in [-0.25, -0.2) is 0 Å². The second kappa shape index (κ2) is 7.54. The number of aliphatic carboxylic acids is 1. The maximum Gasteiger partial charge on any atom is 0.266 e. The molecule has 0 atom stereocenters. The molecule has 1 saturated heterocycles. The second-order valence-corrected chi connectivity index (χ2v) is 6.76. The highest BCUT2D eigenvalue weighted by Gasteiger charge is 2.32. The molecule has 8 heteroatoms. The Morgan fingerprint density at radius 2 is 2.20 bits per heavy atom. The lowest BCUT2D eigenvalue weighted by atomic mass is 10.2. The van der Waals surface area contributed by atoms with Crippen LogP contribution in [0.1, 0.15) is 11.3 Å². The minimum absolute atomic E-state index is 0.201. The monoisotopic (exact) mass is 374 g/mol. The Labute approximate surface area is 153 Å². The Morgan fingerprint density at radius 3 is 2.92 bits per heavy atom. The molecule has 0 aliphatic carbocycles. The summed E-state index contributed by atoms with van der Waals surface area (Å²) in [5, 5.41) is 10.5. The molecule has 1 aliphatic heterocycles. The van der Waals surface area contributed by atoms with Crippen LogP contribution < -0.4 is 9.84 Å². The van der Waals surface area contributed by atoms with Crippen molar-refractivity contribution >= 4 is 46.3 Å². The number of ether oxygens (including phenoxy) is 1. The smallest absolute Gasteiger partial charge is 0.266 e. The van der Waals surface area contributed by atoms with Crippen LogP contribution in [0.2, 0.25) is 0 Å². The summed E-state index contributed by atoms with van der Waals surface area (Å²) in [4.78, 5) is 24.9. The van der Waals surface area contributed by atoms with E-state index in [0.717, 1.165) is 0 Å². The summed E-state index contributed by atoms with van der Waals surface area (Å²) in [6.07, 6.45) is 3.23. The normalized spacial score (nSPS) is 15.8. The van der Waals surface area contributed by atoms with Gasteiger partial charge < -0.3 is 19.1 Å². The molecule has 1 aromatic carbocycles. The topological polar surface area (TPSA) is 82.8 Å². The number of nitrogens with zero attached hydrogens (tertiary/aromatic N) is 1. The molecule has 128 valence electrons. The average Bonchev–Trinajstić information content (AvgIpc) is 3.18. The van der Waals surface area contributed by atoms with Crippen LogP contribution in [0.5, 0.6) is 5.75 Å². The Hall–Kier alpha value is -2.58. The summed E-state index contributed by atoms with van der Waals surface area (Å²) in [7, 11) is 0. The molecule has 0 radical (unpaired) electrons. The number of hydrogen-bond donors (Lipinski definition) is 0. The number of thiocarbonyl (C=S) groups is 1. The molecule has 0 unspecified atom stereocenters. The fraction of sp³-hybridized carbons (Fsp3) is 0.118. The third kappa shape index (κ3) is 4.28. The molecule has 2 heterocycles. The standard InChI is InChI=1S/C17H13NO5S2/c19-15(20)10-23-12-4-1-3-11(7-12)8-14-16(21)18(17(24)25-14)9-13-5-2-6-22-13/h1-8H,9-10H2,(H,19,20)/p-1/b14-8-. The number of carbonyl (C=O) groups is 2. The van der Waals surface area contributed by atoms with Crippen molar-refractivity contribution in [2.75, 3.05) is 6.61 Å². The van der Waals surface area contributed by atoms with E-state index in [1.807, 2.05) is 0 Å². The van der Waals surface area contributed by atoms with Crippen LogP contribution in [0.4, 0.5) is 0 Å². The zero-order valence-electron chi connectivity index (χ0n) is 12.8. The van der Waals surface area contributed by atoms with E-state index in [1.54, 1.807) is 48.7 Å². The van der Waals surface area contributed by atoms with Crippen LogP contribution in [0.25, 0.3) is 6.08 Å². The first kappa shape index (κ1) is 17.2. The lowest BCUT2D eigenvalue weighted by Crippen LogP contribution is -2.28. The molecule has 1 amide bonds. The summed E-state index contributed by atoms with van der Waals surface area (Å²) in [6, 6.07) is 10.3. The average molecular weight is 374 g/mol. The van der Waals surface area contributed by atoms with Gasteiger partial charge in [-0.2, -0.15) is 0 Å². The first-order valence-electron chi connectivity index (χ1n) is 7.23. The van der Waals surface area contributed by atoms with Gasteiger partial charge in [0.05, 0.1) is 23.7 Å². The van der Waals surface area contributed by atoms with Gasteiger partial charge in [-0.05, 0) is 35.9 Å². The molecule has 0 bridgehead atoms. The number of carboxylic acid groups (broad SMARTS) is 1. The van der Waals surface area contributed by atoms with E-state index in [-0.39, 0.29) is 12.5 Å². The zero-order chi connectivity index (χ0) is 17.8. The van der Waals surface area contributed by atoms with Gasteiger partial charge >= 0.3 is 0 Å². The molecular formula is C17H12NO5S2-. The molecule has 1 aliphatic rings. The van der Waals surface area contributed by atoms with Crippen molar-refractivity contribution in [1.82, 2.24) is 4.90 Å². The number of hydrogen-bond acceptors (Lipinski definition) is 7. The van der Waals surface area contributed by atoms with Crippen LogP contribution in [0.15, 0.2) is 52.0 Å². The molecular weight excluding hydrogens is 362 g/mol. The molecule has 0 spiro atoms. The van der Waals surface area contributed by atoms with Crippen molar-refractivity contribution in [3.63, 3.8) is 0 Å². The van der Waals surface area contributed by atoms with Crippen molar-refractivity contribution in [1.29, 1.82) is 0 Å². The van der Waals surface area contributed by atoms with E-state index >= 15 is 0 Å². The highest BCUT2D eigenvalue weighted by atomic mass is 32.2. The summed E-state index contributed by atoms with van der Waals surface area (Å²) >= 11 is 6.47. The third-order valence-electron chi connectivity index (χ3n) is 3.28. The van der Waals surface area contributed by atoms with Gasteiger partial charge in [0.1, 0.15) is 22.4 Å². The minimum atomic E-state index is -1.30. The molecule has 6 nitrogen and oxygen atoms in total. The summed E-state index contributed by atoms with van der Waals surface area (Å²) in [6.45, 7) is -0.252. The molecule has 25 heavy (non-hydrogen) atoms. The molecule has 0 N–H and O–H groups in total. The van der Waals surface area contributed by atoms with Crippen molar-refractivity contribution in [2.45, 2.75) is 6.54 Å². The van der Waals surface area contributed by atoms with E-state index in [2.05, 4.69) is 0 Å². The SMILES string of the molecule is O=C([O-])COc1cccc(/C=C2\SC(=S)N(Cc3ccco3)C2=O)c1. The Balaban J connectivity index is 1.75. The number of carbonyl (C=O) groups excluding carboxylic acids is 2. The van der Waals surface area contributed by atoms with Crippen LogP contribution >= 0.6 is 24.0 Å². The molecule has 2 aromatic rings. The summed E-state index contributed by atoms with van der Waals surface area (Å²) < 4.78 is 10.8. The predicted molar refractivity (Wildman–Crippen MR) is 94.4 cm³/mol. The van der Waals surface area contributed by atoms with E-state index < -0.39 is 12.6 Å². The quantitative estimate of drug-likeness (QED) is 0.563. The highest BCUT2D eigenvalue weighted by molar-refractivity contribution is 8.26. The van der Waals surface area contributed by atoms with E-state index in [9.17, 15) is 14.7 Å². The van der Waals surface area contributed by atoms with Crippen LogP contribution in [-0.2, 0) is 16.1 Å². The third-order valence-corrected chi connectivity index (χ3v) is 4.66. The van der Waals surface area contributed by atoms with Gasteiger partial charge in [-0.3, -0.25) is 9.69 Å². The molecule has 1 fully saturated rings. The fourth-order valence-corrected chi connectivity index (χ4v) is 3.44. The lowest BCUT2D eigenvalue weighted by Gasteiger charge is -2.12. The van der Waals surface area contributed by atoms with E-state index in [1.165, 1.54) is 16.7 Å². The van der Waals surface area contributed by atoms with Gasteiger partial charge in [-0.15, -0.1) is 0 Å². The predicted octanol–water partition coefficient (Wildman–Crippen LogP) is 1.81. The van der Waals surface area contributed by atoms with Crippen molar-refractivity contribution < 1.29 is 23.8 Å². The second-order valence-electron chi connectivity index (χ2n) is 5.08. The van der Waals surface area contributed by atoms with E-state index in [4.69, 9.17) is 21.4 Å². The number of amides is 1. The first-order chi connectivity index (χ1) is 12.0. The zero-order valence-corrected chi connectivity index (χ0v) is 14.5. The maximum atomic E-state index is 12.5. The minimum Gasteiger partial charge on any atom is -0.546 e. The van der Waals surface area contributed by atoms with Crippen molar-refractivity contribution in [3.05, 3.63) is 58.9 Å². The number of benzene rings is 1. The van der Waals surface area contributed by atoms with Gasteiger partial charge in [0, 0.05) is 0 Å². The van der Waals surface area contributed by atoms with Crippen LogP contribution in [-0.4, -0.2) is 27.7 Å². The number of thioether (sulfide) groups is 1. The number of carboxylic acids is 1. The fourth-order valence-electron chi connectivity index (χ4n) is 2.18. The summed E-state index contributed by atoms with van der Waals surface area (Å²) in [5.74, 6) is -0.476. The van der Waals surface area contributed by atoms with Gasteiger partial charge in [-0.1, -0.05) is 36.1 Å². The Bertz CT molecular complexity index is 844. The molecule has 3 rings (SSSR count). The van der Waals surface area contributed by atoms with Crippen molar-refractivity contribution in [2.24, 2.45) is 0 Å². The highest BCUT2D eigenvalue weighted by Crippen LogP contribution is 2.34. The molecule has 1 aromatic heterocycles. The Kier molecular flexibility index (Phi) is 5.20. The van der Waals surface area contributed by atoms with E-state index in [0.29, 0.717) is 26.3 Å². The van der Waals surface area contributed by atoms with Crippen molar-refractivity contribution in [3.8, 4) is 5.75 Å². The largest absolute Gasteiger partial charge is 0.546 e. The van der Waals surface area contributed by atoms with Gasteiger partial charge in [0.15, 0.2) is 0 Å². The van der Waals surface area contributed by atoms with Gasteiger partial charge in [0.25, 0.3) is 5.91 Å². The number of rotatable bonds is 6. The molecule has 0 saturated carbocycles. The number of furan rings is 1. The summed E-state index contributed by atoms with van der Waals surface area (Å²) in [5.41, 5.74) is 0.703. The maximum absolute atomic E-state index is 12.5. The van der Waals surface area contributed by atoms with Crippen LogP contribution in [0.3, 0.4) is 0 Å².